The average Bonchev–Trinajstić information content (AvgIpc) is 2.38. The molecule has 21 heavy (non-hydrogen) atoms. The topological polar surface area (TPSA) is 71.1 Å². The van der Waals surface area contributed by atoms with Gasteiger partial charge in [0.15, 0.2) is 0 Å². The van der Waals surface area contributed by atoms with Gasteiger partial charge in [-0.25, -0.2) is 18.1 Å². The number of hydrogen-bond donors (Lipinski definition) is 2. The fraction of sp³-hybridized carbons (Fsp3) is 0.667. The minimum atomic E-state index is -3.48. The van der Waals surface area contributed by atoms with Crippen LogP contribution in [0.4, 0.5) is 5.82 Å². The molecule has 1 heterocycles. The standard InChI is InChI=1S/C15H25N3O2S/c1-4-16-14-8-7-13(11-17-14)21(19,20)18-12-6-5-9-15(2,3)10-12/h7-8,11-12,18H,4-6,9-10H2,1-3H3,(H,16,17). The molecule has 1 atom stereocenters. The van der Waals surface area contributed by atoms with Crippen LogP contribution >= 0.6 is 0 Å². The lowest BCUT2D eigenvalue weighted by Crippen LogP contribution is -2.40. The summed E-state index contributed by atoms with van der Waals surface area (Å²) >= 11 is 0. The maximum Gasteiger partial charge on any atom is 0.242 e. The Labute approximate surface area is 127 Å². The van der Waals surface area contributed by atoms with E-state index in [-0.39, 0.29) is 16.4 Å². The lowest BCUT2D eigenvalue weighted by atomic mass is 9.75. The van der Waals surface area contributed by atoms with Crippen molar-refractivity contribution < 1.29 is 8.42 Å². The van der Waals surface area contributed by atoms with Gasteiger partial charge in [-0.05, 0) is 43.7 Å². The van der Waals surface area contributed by atoms with Gasteiger partial charge in [0.05, 0.1) is 0 Å². The minimum absolute atomic E-state index is 0.0205. The van der Waals surface area contributed by atoms with E-state index < -0.39 is 10.0 Å². The van der Waals surface area contributed by atoms with Gasteiger partial charge in [-0.2, -0.15) is 0 Å². The van der Waals surface area contributed by atoms with Crippen LogP contribution in [0.1, 0.15) is 46.5 Å². The van der Waals surface area contributed by atoms with Crippen LogP contribution in [-0.4, -0.2) is 26.0 Å². The van der Waals surface area contributed by atoms with Gasteiger partial charge in [-0.15, -0.1) is 0 Å². The Morgan fingerprint density at radius 1 is 1.38 bits per heavy atom. The van der Waals surface area contributed by atoms with E-state index in [1.807, 2.05) is 6.92 Å². The highest BCUT2D eigenvalue weighted by Gasteiger charge is 2.30. The van der Waals surface area contributed by atoms with Crippen molar-refractivity contribution in [1.82, 2.24) is 9.71 Å². The number of nitrogens with zero attached hydrogens (tertiary/aromatic N) is 1. The average molecular weight is 311 g/mol. The molecule has 5 nitrogen and oxygen atoms in total. The van der Waals surface area contributed by atoms with Crippen LogP contribution in [0.5, 0.6) is 0 Å². The van der Waals surface area contributed by atoms with Crippen molar-refractivity contribution >= 4 is 15.8 Å². The van der Waals surface area contributed by atoms with E-state index in [4.69, 9.17) is 0 Å². The zero-order valence-electron chi connectivity index (χ0n) is 13.0. The van der Waals surface area contributed by atoms with E-state index in [2.05, 4.69) is 28.9 Å². The van der Waals surface area contributed by atoms with E-state index in [9.17, 15) is 8.42 Å². The first-order valence-electron chi connectivity index (χ1n) is 7.55. The molecule has 1 unspecified atom stereocenters. The smallest absolute Gasteiger partial charge is 0.242 e. The van der Waals surface area contributed by atoms with Crippen LogP contribution in [0, 0.1) is 5.41 Å². The largest absolute Gasteiger partial charge is 0.370 e. The number of rotatable bonds is 5. The van der Waals surface area contributed by atoms with Crippen molar-refractivity contribution in [3.8, 4) is 0 Å². The van der Waals surface area contributed by atoms with Gasteiger partial charge in [0, 0.05) is 18.8 Å². The summed E-state index contributed by atoms with van der Waals surface area (Å²) in [4.78, 5) is 4.36. The normalized spacial score (nSPS) is 22.0. The van der Waals surface area contributed by atoms with Crippen LogP contribution in [-0.2, 0) is 10.0 Å². The lowest BCUT2D eigenvalue weighted by Gasteiger charge is -2.35. The van der Waals surface area contributed by atoms with Crippen LogP contribution in [0.15, 0.2) is 23.2 Å². The molecule has 6 heteroatoms. The second kappa shape index (κ2) is 6.32. The Hall–Kier alpha value is -1.14. The van der Waals surface area contributed by atoms with Crippen LogP contribution < -0.4 is 10.0 Å². The third-order valence-electron chi connectivity index (χ3n) is 3.93. The Balaban J connectivity index is 2.07. The molecule has 2 rings (SSSR count). The fourth-order valence-corrected chi connectivity index (χ4v) is 4.13. The van der Waals surface area contributed by atoms with Gasteiger partial charge in [-0.1, -0.05) is 20.3 Å². The molecule has 0 spiro atoms. The van der Waals surface area contributed by atoms with E-state index in [1.165, 1.54) is 6.20 Å². The van der Waals surface area contributed by atoms with Gasteiger partial charge in [0.1, 0.15) is 10.7 Å². The summed E-state index contributed by atoms with van der Waals surface area (Å²) in [6, 6.07) is 3.32. The molecule has 1 aromatic heterocycles. The number of pyridine rings is 1. The molecule has 1 aliphatic rings. The first-order valence-corrected chi connectivity index (χ1v) is 9.03. The molecule has 118 valence electrons. The van der Waals surface area contributed by atoms with Gasteiger partial charge in [-0.3, -0.25) is 0 Å². The predicted molar refractivity (Wildman–Crippen MR) is 84.8 cm³/mol. The zero-order valence-corrected chi connectivity index (χ0v) is 13.8. The molecule has 1 saturated carbocycles. The molecule has 1 aromatic rings. The molecule has 2 N–H and O–H groups in total. The number of nitrogens with one attached hydrogen (secondary N) is 2. The predicted octanol–water partition coefficient (Wildman–Crippen LogP) is 2.76. The minimum Gasteiger partial charge on any atom is -0.370 e. The van der Waals surface area contributed by atoms with Crippen molar-refractivity contribution in [1.29, 1.82) is 0 Å². The molecule has 0 saturated heterocycles. The number of hydrogen-bond acceptors (Lipinski definition) is 4. The Bertz CT molecular complexity index is 567. The van der Waals surface area contributed by atoms with E-state index in [0.717, 1.165) is 32.2 Å². The molecule has 0 bridgehead atoms. The van der Waals surface area contributed by atoms with Gasteiger partial charge in [0.25, 0.3) is 0 Å². The lowest BCUT2D eigenvalue weighted by molar-refractivity contribution is 0.212. The first kappa shape index (κ1) is 16.2. The SMILES string of the molecule is CCNc1ccc(S(=O)(=O)NC2CCCC(C)(C)C2)cn1. The quantitative estimate of drug-likeness (QED) is 0.877. The van der Waals surface area contributed by atoms with Crippen LogP contribution in [0.2, 0.25) is 0 Å². The van der Waals surface area contributed by atoms with Gasteiger partial charge >= 0.3 is 0 Å². The third-order valence-corrected chi connectivity index (χ3v) is 5.44. The number of aromatic nitrogens is 1. The second-order valence-electron chi connectivity index (χ2n) is 6.49. The second-order valence-corrected chi connectivity index (χ2v) is 8.20. The van der Waals surface area contributed by atoms with Crippen molar-refractivity contribution in [2.45, 2.75) is 57.4 Å². The summed E-state index contributed by atoms with van der Waals surface area (Å²) in [7, 11) is -3.48. The van der Waals surface area contributed by atoms with Gasteiger partial charge in [0.2, 0.25) is 10.0 Å². The van der Waals surface area contributed by atoms with Crippen LogP contribution in [0.25, 0.3) is 0 Å². The summed E-state index contributed by atoms with van der Waals surface area (Å²) in [6.45, 7) is 7.12. The molecule has 1 aliphatic carbocycles. The van der Waals surface area contributed by atoms with Crippen molar-refractivity contribution in [3.05, 3.63) is 18.3 Å². The fourth-order valence-electron chi connectivity index (χ4n) is 2.91. The monoisotopic (exact) mass is 311 g/mol. The summed E-state index contributed by atoms with van der Waals surface area (Å²) in [5.74, 6) is 0.690. The molecule has 1 fully saturated rings. The summed E-state index contributed by atoms with van der Waals surface area (Å²) in [5.41, 5.74) is 0.207. The number of anilines is 1. The highest BCUT2D eigenvalue weighted by Crippen LogP contribution is 2.35. The van der Waals surface area contributed by atoms with Gasteiger partial charge < -0.3 is 5.32 Å². The van der Waals surface area contributed by atoms with E-state index in [0.29, 0.717) is 5.82 Å². The molecule has 0 radical (unpaired) electrons. The highest BCUT2D eigenvalue weighted by atomic mass is 32.2. The Morgan fingerprint density at radius 2 is 2.14 bits per heavy atom. The number of sulfonamides is 1. The molecule has 0 aromatic carbocycles. The van der Waals surface area contributed by atoms with Crippen LogP contribution in [0.3, 0.4) is 0 Å². The summed E-state index contributed by atoms with van der Waals surface area (Å²) < 4.78 is 27.6. The molecule has 0 amide bonds. The summed E-state index contributed by atoms with van der Waals surface area (Å²) in [6.07, 6.45) is 5.43. The Kier molecular flexibility index (Phi) is 4.88. The van der Waals surface area contributed by atoms with Crippen molar-refractivity contribution in [2.75, 3.05) is 11.9 Å². The summed E-state index contributed by atoms with van der Waals surface area (Å²) in [5, 5.41) is 3.05. The van der Waals surface area contributed by atoms with E-state index in [1.54, 1.807) is 12.1 Å². The maximum absolute atomic E-state index is 12.4. The molecular weight excluding hydrogens is 286 g/mol. The first-order chi connectivity index (χ1) is 9.82. The molecular formula is C15H25N3O2S. The van der Waals surface area contributed by atoms with E-state index >= 15 is 0 Å². The van der Waals surface area contributed by atoms with Crippen molar-refractivity contribution in [2.24, 2.45) is 5.41 Å². The molecule has 0 aliphatic heterocycles. The maximum atomic E-state index is 12.4. The zero-order chi connectivity index (χ0) is 15.5. The Morgan fingerprint density at radius 3 is 2.71 bits per heavy atom. The van der Waals surface area contributed by atoms with Crippen molar-refractivity contribution in [3.63, 3.8) is 0 Å². The third kappa shape index (κ3) is 4.41. The highest BCUT2D eigenvalue weighted by molar-refractivity contribution is 7.89.